The zero-order valence-electron chi connectivity index (χ0n) is 20.1. The fourth-order valence-corrected chi connectivity index (χ4v) is 5.60. The number of hydrogen-bond acceptors (Lipinski definition) is 7. The zero-order chi connectivity index (χ0) is 26.0. The summed E-state index contributed by atoms with van der Waals surface area (Å²) >= 11 is 0. The van der Waals surface area contributed by atoms with Gasteiger partial charge in [0.15, 0.2) is 0 Å². The van der Waals surface area contributed by atoms with Crippen LogP contribution in [0.15, 0.2) is 53.4 Å². The summed E-state index contributed by atoms with van der Waals surface area (Å²) in [6.07, 6.45) is 0.371. The molecule has 10 nitrogen and oxygen atoms in total. The van der Waals surface area contributed by atoms with Crippen molar-refractivity contribution in [2.24, 2.45) is 5.92 Å². The number of ether oxygens (including phenoxy) is 1. The van der Waals surface area contributed by atoms with Crippen molar-refractivity contribution in [2.45, 2.75) is 30.9 Å². The van der Waals surface area contributed by atoms with Gasteiger partial charge in [0.05, 0.1) is 35.9 Å². The highest BCUT2D eigenvalue weighted by atomic mass is 32.2. The third-order valence-electron chi connectivity index (χ3n) is 5.86. The van der Waals surface area contributed by atoms with Gasteiger partial charge < -0.3 is 14.7 Å². The summed E-state index contributed by atoms with van der Waals surface area (Å²) in [5, 5.41) is 9.75. The van der Waals surface area contributed by atoms with Crippen LogP contribution in [0.25, 0.3) is 0 Å². The smallest absolute Gasteiger partial charge is 0.258 e. The largest absolute Gasteiger partial charge is 0.488 e. The highest BCUT2D eigenvalue weighted by Gasteiger charge is 2.35. The molecular formula is C23H31N3O7S2. The Bertz CT molecular complexity index is 1270. The average Bonchev–Trinajstić information content (AvgIpc) is 2.80. The number of fused-ring (bicyclic) bond motifs is 1. The number of nitrogens with zero attached hydrogens (tertiary/aromatic N) is 2. The first-order chi connectivity index (χ1) is 16.3. The quantitative estimate of drug-likeness (QED) is 0.535. The van der Waals surface area contributed by atoms with E-state index in [2.05, 4.69) is 4.72 Å². The number of hydrogen-bond donors (Lipinski definition) is 2. The molecule has 0 radical (unpaired) electrons. The molecule has 0 bridgehead atoms. The van der Waals surface area contributed by atoms with Crippen molar-refractivity contribution < 1.29 is 31.5 Å². The van der Waals surface area contributed by atoms with E-state index in [9.17, 15) is 26.7 Å². The first-order valence-corrected chi connectivity index (χ1v) is 14.4. The number of benzene rings is 2. The van der Waals surface area contributed by atoms with Crippen LogP contribution in [0, 0.1) is 5.92 Å². The van der Waals surface area contributed by atoms with Crippen LogP contribution < -0.4 is 9.46 Å². The number of carbonyl (C=O) groups is 1. The number of anilines is 1. The van der Waals surface area contributed by atoms with Crippen molar-refractivity contribution in [2.75, 3.05) is 37.7 Å². The number of likely N-dealkylation sites (N-methyl/N-ethyl adjacent to an activating group) is 1. The Kier molecular flexibility index (Phi) is 8.10. The minimum absolute atomic E-state index is 0.0106. The normalized spacial score (nSPS) is 19.9. The maximum absolute atomic E-state index is 13.4. The molecule has 0 spiro atoms. The van der Waals surface area contributed by atoms with Gasteiger partial charge in [0.1, 0.15) is 11.9 Å². The monoisotopic (exact) mass is 525 g/mol. The predicted molar refractivity (Wildman–Crippen MR) is 132 cm³/mol. The molecule has 1 heterocycles. The van der Waals surface area contributed by atoms with E-state index in [1.54, 1.807) is 25.1 Å². The molecule has 192 valence electrons. The van der Waals surface area contributed by atoms with E-state index in [0.29, 0.717) is 0 Å². The van der Waals surface area contributed by atoms with Crippen LogP contribution >= 0.6 is 0 Å². The molecule has 1 aliphatic heterocycles. The maximum atomic E-state index is 13.4. The third-order valence-corrected chi connectivity index (χ3v) is 8.30. The first kappa shape index (κ1) is 26.9. The molecule has 2 aromatic carbocycles. The van der Waals surface area contributed by atoms with Crippen molar-refractivity contribution in [3.05, 3.63) is 54.1 Å². The Morgan fingerprint density at radius 2 is 1.83 bits per heavy atom. The van der Waals surface area contributed by atoms with Crippen LogP contribution in [0.5, 0.6) is 5.75 Å². The van der Waals surface area contributed by atoms with E-state index in [0.717, 1.165) is 6.26 Å². The lowest BCUT2D eigenvalue weighted by Gasteiger charge is -2.38. The minimum Gasteiger partial charge on any atom is -0.488 e. The molecule has 1 aliphatic rings. The van der Waals surface area contributed by atoms with Gasteiger partial charge in [0.25, 0.3) is 5.91 Å². The summed E-state index contributed by atoms with van der Waals surface area (Å²) in [5.74, 6) is -0.510. The Morgan fingerprint density at radius 3 is 2.43 bits per heavy atom. The summed E-state index contributed by atoms with van der Waals surface area (Å²) < 4.78 is 59.2. The fraction of sp³-hybridized carbons (Fsp3) is 0.435. The Hall–Kier alpha value is -2.67. The van der Waals surface area contributed by atoms with E-state index < -0.39 is 38.1 Å². The molecule has 0 fully saturated rings. The van der Waals surface area contributed by atoms with Crippen molar-refractivity contribution in [3.8, 4) is 5.75 Å². The van der Waals surface area contributed by atoms with Crippen LogP contribution in [0.2, 0.25) is 0 Å². The van der Waals surface area contributed by atoms with E-state index in [-0.39, 0.29) is 47.5 Å². The Balaban J connectivity index is 1.99. The van der Waals surface area contributed by atoms with Gasteiger partial charge in [-0.15, -0.1) is 0 Å². The summed E-state index contributed by atoms with van der Waals surface area (Å²) in [6, 6.07) is 11.9. The van der Waals surface area contributed by atoms with Gasteiger partial charge >= 0.3 is 0 Å². The molecule has 3 rings (SSSR count). The highest BCUT2D eigenvalue weighted by molar-refractivity contribution is 7.92. The molecule has 0 unspecified atom stereocenters. The van der Waals surface area contributed by atoms with E-state index in [4.69, 9.17) is 4.74 Å². The SMILES string of the molecule is C[C@H]1CN([C@@H](C)CO)C(=O)c2cc(NS(C)(=O)=O)ccc2O[C@H]1CN(C)S(=O)(=O)c1ccccc1. The summed E-state index contributed by atoms with van der Waals surface area (Å²) in [4.78, 5) is 15.0. The van der Waals surface area contributed by atoms with E-state index in [1.165, 1.54) is 46.6 Å². The number of aliphatic hydroxyl groups excluding tert-OH is 1. The highest BCUT2D eigenvalue weighted by Crippen LogP contribution is 2.31. The molecule has 0 saturated carbocycles. The molecule has 0 aromatic heterocycles. The maximum Gasteiger partial charge on any atom is 0.258 e. The van der Waals surface area contributed by atoms with Crippen molar-refractivity contribution in [1.29, 1.82) is 0 Å². The van der Waals surface area contributed by atoms with Crippen LogP contribution in [0.3, 0.4) is 0 Å². The standard InChI is InChI=1S/C23H31N3O7S2/c1-16-13-26(17(2)15-27)23(28)20-12-18(24-34(4,29)30)10-11-21(20)33-22(16)14-25(3)35(31,32)19-8-6-5-7-9-19/h5-12,16-17,22,24,27H,13-15H2,1-4H3/t16-,17-,22-/m0/s1. The van der Waals surface area contributed by atoms with Crippen molar-refractivity contribution >= 4 is 31.6 Å². The van der Waals surface area contributed by atoms with Crippen LogP contribution in [-0.2, 0) is 20.0 Å². The minimum atomic E-state index is -3.78. The van der Waals surface area contributed by atoms with E-state index >= 15 is 0 Å². The van der Waals surface area contributed by atoms with Crippen molar-refractivity contribution in [3.63, 3.8) is 0 Å². The summed E-state index contributed by atoms with van der Waals surface area (Å²) in [7, 11) is -5.89. The molecule has 1 amide bonds. The molecular weight excluding hydrogens is 494 g/mol. The number of rotatable bonds is 8. The zero-order valence-corrected chi connectivity index (χ0v) is 21.7. The molecule has 3 atom stereocenters. The van der Waals surface area contributed by atoms with Crippen LogP contribution in [0.1, 0.15) is 24.2 Å². The van der Waals surface area contributed by atoms with Crippen LogP contribution in [0.4, 0.5) is 5.69 Å². The van der Waals surface area contributed by atoms with Gasteiger partial charge in [-0.25, -0.2) is 16.8 Å². The van der Waals surface area contributed by atoms with Gasteiger partial charge in [-0.3, -0.25) is 9.52 Å². The molecule has 2 N–H and O–H groups in total. The van der Waals surface area contributed by atoms with Gasteiger partial charge in [-0.05, 0) is 37.3 Å². The molecule has 35 heavy (non-hydrogen) atoms. The van der Waals surface area contributed by atoms with Crippen molar-refractivity contribution in [1.82, 2.24) is 9.21 Å². The number of sulfonamides is 2. The van der Waals surface area contributed by atoms with Crippen LogP contribution in [-0.4, -0.2) is 82.2 Å². The van der Waals surface area contributed by atoms with Gasteiger partial charge in [-0.1, -0.05) is 25.1 Å². The molecule has 2 aromatic rings. The summed E-state index contributed by atoms with van der Waals surface area (Å²) in [6.45, 7) is 3.49. The predicted octanol–water partition coefficient (Wildman–Crippen LogP) is 1.60. The second-order valence-corrected chi connectivity index (χ2v) is 12.6. The second kappa shape index (κ2) is 10.5. The first-order valence-electron chi connectivity index (χ1n) is 11.0. The second-order valence-electron chi connectivity index (χ2n) is 8.81. The lowest BCUT2D eigenvalue weighted by Crippen LogP contribution is -2.50. The van der Waals surface area contributed by atoms with Gasteiger partial charge in [0.2, 0.25) is 20.0 Å². The lowest BCUT2D eigenvalue weighted by molar-refractivity contribution is 0.0387. The number of carbonyl (C=O) groups excluding carboxylic acids is 1. The fourth-order valence-electron chi connectivity index (χ4n) is 3.84. The average molecular weight is 526 g/mol. The van der Waals surface area contributed by atoms with Gasteiger partial charge in [0, 0.05) is 25.2 Å². The molecule has 0 saturated heterocycles. The number of amides is 1. The van der Waals surface area contributed by atoms with Gasteiger partial charge in [-0.2, -0.15) is 4.31 Å². The van der Waals surface area contributed by atoms with E-state index in [1.807, 2.05) is 6.92 Å². The lowest BCUT2D eigenvalue weighted by atomic mass is 9.99. The Labute approximate surface area is 206 Å². The number of aliphatic hydroxyl groups is 1. The third kappa shape index (κ3) is 6.31. The summed E-state index contributed by atoms with van der Waals surface area (Å²) in [5.41, 5.74) is 0.304. The topological polar surface area (TPSA) is 133 Å². The number of nitrogens with one attached hydrogen (secondary N) is 1. The Morgan fingerprint density at radius 1 is 1.17 bits per heavy atom. The molecule has 0 aliphatic carbocycles. The molecule has 12 heteroatoms.